The summed E-state index contributed by atoms with van der Waals surface area (Å²) in [5.74, 6) is -0.587. The van der Waals surface area contributed by atoms with Crippen molar-refractivity contribution in [1.29, 1.82) is 0 Å². The maximum atomic E-state index is 11.4. The summed E-state index contributed by atoms with van der Waals surface area (Å²) in [6.07, 6.45) is 2.74. The second-order valence-electron chi connectivity index (χ2n) is 4.25. The zero-order valence-corrected chi connectivity index (χ0v) is 12.1. The first kappa shape index (κ1) is 16.0. The van der Waals surface area contributed by atoms with Crippen LogP contribution in [0.3, 0.4) is 0 Å². The van der Waals surface area contributed by atoms with Crippen LogP contribution in [0, 0.1) is 0 Å². The van der Waals surface area contributed by atoms with Gasteiger partial charge in [0.05, 0.1) is 18.1 Å². The fourth-order valence-electron chi connectivity index (χ4n) is 1.38. The van der Waals surface area contributed by atoms with Crippen molar-refractivity contribution in [3.05, 3.63) is 34.9 Å². The highest BCUT2D eigenvalue weighted by Crippen LogP contribution is 2.26. The summed E-state index contributed by atoms with van der Waals surface area (Å²) < 4.78 is 5.42. The molecule has 5 nitrogen and oxygen atoms in total. The van der Waals surface area contributed by atoms with Crippen LogP contribution in [0.15, 0.2) is 24.3 Å². The zero-order valence-electron chi connectivity index (χ0n) is 11.3. The SMILES string of the molecule is CN(C)C(=O)CCOc1ccc(C=CC(=O)O)cc1Cl. The summed E-state index contributed by atoms with van der Waals surface area (Å²) in [4.78, 5) is 23.3. The Morgan fingerprint density at radius 3 is 2.65 bits per heavy atom. The fourth-order valence-corrected chi connectivity index (χ4v) is 1.62. The van der Waals surface area contributed by atoms with Crippen LogP contribution in [0.5, 0.6) is 5.75 Å². The molecule has 1 N–H and O–H groups in total. The van der Waals surface area contributed by atoms with Gasteiger partial charge in [-0.25, -0.2) is 4.79 Å². The molecule has 0 spiro atoms. The van der Waals surface area contributed by atoms with Crippen LogP contribution in [0.4, 0.5) is 0 Å². The van der Waals surface area contributed by atoms with Gasteiger partial charge in [0.1, 0.15) is 5.75 Å². The van der Waals surface area contributed by atoms with E-state index in [1.165, 1.54) is 11.0 Å². The molecule has 0 saturated heterocycles. The molecule has 108 valence electrons. The Kier molecular flexibility index (Phi) is 6.06. The summed E-state index contributed by atoms with van der Waals surface area (Å²) in [6, 6.07) is 4.93. The highest BCUT2D eigenvalue weighted by Gasteiger charge is 2.06. The van der Waals surface area contributed by atoms with Crippen LogP contribution in [-0.4, -0.2) is 42.6 Å². The van der Waals surface area contributed by atoms with Gasteiger partial charge in [-0.3, -0.25) is 4.79 Å². The first-order valence-electron chi connectivity index (χ1n) is 5.93. The van der Waals surface area contributed by atoms with E-state index in [0.717, 1.165) is 6.08 Å². The van der Waals surface area contributed by atoms with E-state index in [9.17, 15) is 9.59 Å². The maximum Gasteiger partial charge on any atom is 0.328 e. The van der Waals surface area contributed by atoms with Gasteiger partial charge >= 0.3 is 5.97 Å². The molecule has 0 bridgehead atoms. The van der Waals surface area contributed by atoms with Gasteiger partial charge in [-0.1, -0.05) is 17.7 Å². The molecule has 0 aromatic heterocycles. The van der Waals surface area contributed by atoms with Gasteiger partial charge in [0.2, 0.25) is 5.91 Å². The smallest absolute Gasteiger partial charge is 0.328 e. The van der Waals surface area contributed by atoms with E-state index < -0.39 is 5.97 Å². The number of ether oxygens (including phenoxy) is 1. The fraction of sp³-hybridized carbons (Fsp3) is 0.286. The minimum absolute atomic E-state index is 0.0258. The van der Waals surface area contributed by atoms with E-state index in [-0.39, 0.29) is 18.9 Å². The number of hydrogen-bond donors (Lipinski definition) is 1. The van der Waals surface area contributed by atoms with Gasteiger partial charge in [0.25, 0.3) is 0 Å². The van der Waals surface area contributed by atoms with Gasteiger partial charge < -0.3 is 14.7 Å². The van der Waals surface area contributed by atoms with E-state index in [1.807, 2.05) is 0 Å². The molecule has 0 fully saturated rings. The van der Waals surface area contributed by atoms with E-state index in [0.29, 0.717) is 16.3 Å². The number of aliphatic carboxylic acids is 1. The van der Waals surface area contributed by atoms with E-state index >= 15 is 0 Å². The van der Waals surface area contributed by atoms with Gasteiger partial charge in [-0.15, -0.1) is 0 Å². The number of nitrogens with zero attached hydrogens (tertiary/aromatic N) is 1. The average molecular weight is 298 g/mol. The number of carbonyl (C=O) groups excluding carboxylic acids is 1. The number of hydrogen-bond acceptors (Lipinski definition) is 3. The lowest BCUT2D eigenvalue weighted by Gasteiger charge is -2.11. The topological polar surface area (TPSA) is 66.8 Å². The summed E-state index contributed by atoms with van der Waals surface area (Å²) in [5.41, 5.74) is 0.661. The molecule has 0 aliphatic rings. The van der Waals surface area contributed by atoms with Crippen molar-refractivity contribution in [2.75, 3.05) is 20.7 Å². The normalized spacial score (nSPS) is 10.6. The van der Waals surface area contributed by atoms with Gasteiger partial charge in [0.15, 0.2) is 0 Å². The molecule has 0 aliphatic carbocycles. The average Bonchev–Trinajstić information content (AvgIpc) is 2.38. The van der Waals surface area contributed by atoms with Crippen molar-refractivity contribution in [2.45, 2.75) is 6.42 Å². The number of carboxylic acid groups (broad SMARTS) is 1. The van der Waals surface area contributed by atoms with Crippen LogP contribution in [0.25, 0.3) is 6.08 Å². The van der Waals surface area contributed by atoms with Crippen LogP contribution >= 0.6 is 11.6 Å². The van der Waals surface area contributed by atoms with Crippen molar-refractivity contribution >= 4 is 29.6 Å². The lowest BCUT2D eigenvalue weighted by Crippen LogP contribution is -2.23. The lowest BCUT2D eigenvalue weighted by molar-refractivity contribution is -0.131. The van der Waals surface area contributed by atoms with Crippen LogP contribution in [0.1, 0.15) is 12.0 Å². The standard InChI is InChI=1S/C14H16ClNO4/c1-16(2)13(17)7-8-20-12-5-3-10(9-11(12)15)4-6-14(18)19/h3-6,9H,7-8H2,1-2H3,(H,18,19). The molecule has 0 radical (unpaired) electrons. The Morgan fingerprint density at radius 1 is 1.40 bits per heavy atom. The molecule has 0 saturated carbocycles. The van der Waals surface area contributed by atoms with Crippen molar-refractivity contribution < 1.29 is 19.4 Å². The molecule has 0 unspecified atom stereocenters. The van der Waals surface area contributed by atoms with Crippen molar-refractivity contribution in [2.24, 2.45) is 0 Å². The third kappa shape index (κ3) is 5.32. The largest absolute Gasteiger partial charge is 0.491 e. The minimum atomic E-state index is -1.02. The number of benzene rings is 1. The number of carbonyl (C=O) groups is 2. The highest BCUT2D eigenvalue weighted by atomic mass is 35.5. The monoisotopic (exact) mass is 297 g/mol. The van der Waals surface area contributed by atoms with Gasteiger partial charge in [-0.2, -0.15) is 0 Å². The Morgan fingerprint density at radius 2 is 2.10 bits per heavy atom. The van der Waals surface area contributed by atoms with E-state index in [4.69, 9.17) is 21.4 Å². The maximum absolute atomic E-state index is 11.4. The highest BCUT2D eigenvalue weighted by molar-refractivity contribution is 6.32. The predicted molar refractivity (Wildman–Crippen MR) is 76.9 cm³/mol. The number of amides is 1. The molecule has 6 heteroatoms. The minimum Gasteiger partial charge on any atom is -0.491 e. The molecule has 0 atom stereocenters. The Bertz CT molecular complexity index is 526. The number of carboxylic acids is 1. The molecule has 1 rings (SSSR count). The quantitative estimate of drug-likeness (QED) is 0.818. The molecule has 0 aliphatic heterocycles. The summed E-state index contributed by atoms with van der Waals surface area (Å²) in [6.45, 7) is 0.237. The summed E-state index contributed by atoms with van der Waals surface area (Å²) >= 11 is 6.02. The molecule has 1 amide bonds. The van der Waals surface area contributed by atoms with Crippen LogP contribution in [0.2, 0.25) is 5.02 Å². The Hall–Kier alpha value is -2.01. The Labute approximate surface area is 122 Å². The Balaban J connectivity index is 2.60. The summed E-state index contributed by atoms with van der Waals surface area (Å²) in [5, 5.41) is 8.90. The first-order valence-corrected chi connectivity index (χ1v) is 6.31. The van der Waals surface area contributed by atoms with E-state index in [2.05, 4.69) is 0 Å². The first-order chi connectivity index (χ1) is 9.40. The molecular formula is C14H16ClNO4. The lowest BCUT2D eigenvalue weighted by atomic mass is 10.2. The molecule has 1 aromatic carbocycles. The van der Waals surface area contributed by atoms with Crippen LogP contribution in [-0.2, 0) is 9.59 Å². The second kappa shape index (κ2) is 7.55. The third-order valence-electron chi connectivity index (χ3n) is 2.45. The predicted octanol–water partition coefficient (Wildman–Crippen LogP) is 2.29. The van der Waals surface area contributed by atoms with Crippen molar-refractivity contribution in [3.8, 4) is 5.75 Å². The number of rotatable bonds is 6. The van der Waals surface area contributed by atoms with Crippen molar-refractivity contribution in [3.63, 3.8) is 0 Å². The second-order valence-corrected chi connectivity index (χ2v) is 4.66. The molecule has 0 heterocycles. The molecule has 1 aromatic rings. The number of halogens is 1. The zero-order chi connectivity index (χ0) is 15.1. The molecule has 20 heavy (non-hydrogen) atoms. The summed E-state index contributed by atoms with van der Waals surface area (Å²) in [7, 11) is 3.36. The van der Waals surface area contributed by atoms with Gasteiger partial charge in [-0.05, 0) is 23.8 Å². The van der Waals surface area contributed by atoms with Gasteiger partial charge in [0, 0.05) is 20.2 Å². The van der Waals surface area contributed by atoms with Crippen LogP contribution < -0.4 is 4.74 Å². The molecular weight excluding hydrogens is 282 g/mol. The van der Waals surface area contributed by atoms with E-state index in [1.54, 1.807) is 32.3 Å². The van der Waals surface area contributed by atoms with Crippen molar-refractivity contribution in [1.82, 2.24) is 4.90 Å². The third-order valence-corrected chi connectivity index (χ3v) is 2.74.